The third-order valence-electron chi connectivity index (χ3n) is 6.83. The molecule has 0 amide bonds. The summed E-state index contributed by atoms with van der Waals surface area (Å²) in [5, 5.41) is 10.3. The molecule has 0 bridgehead atoms. The summed E-state index contributed by atoms with van der Waals surface area (Å²) in [4.78, 5) is 11.7. The van der Waals surface area contributed by atoms with Crippen molar-refractivity contribution in [1.29, 1.82) is 0 Å². The molecular weight excluding hydrogens is 376 g/mol. The van der Waals surface area contributed by atoms with E-state index in [2.05, 4.69) is 42.0 Å². The molecule has 2 fully saturated rings. The van der Waals surface area contributed by atoms with Crippen molar-refractivity contribution in [2.75, 3.05) is 0 Å². The average Bonchev–Trinajstić information content (AvgIpc) is 3.34. The van der Waals surface area contributed by atoms with Gasteiger partial charge in [-0.2, -0.15) is 10.2 Å². The van der Waals surface area contributed by atoms with Crippen LogP contribution in [0.1, 0.15) is 64.6 Å². The number of aryl methyl sites for hydroxylation is 2. The van der Waals surface area contributed by atoms with E-state index in [-0.39, 0.29) is 13.5 Å². The van der Waals surface area contributed by atoms with E-state index in [1.807, 2.05) is 17.9 Å². The van der Waals surface area contributed by atoms with Gasteiger partial charge in [-0.15, -0.1) is 0 Å². The second kappa shape index (κ2) is 7.89. The third-order valence-corrected chi connectivity index (χ3v) is 6.83. The first-order valence-electron chi connectivity index (χ1n) is 10.7. The highest BCUT2D eigenvalue weighted by Crippen LogP contribution is 2.38. The van der Waals surface area contributed by atoms with E-state index in [0.717, 1.165) is 39.9 Å². The number of hydrogen-bond acceptors (Lipinski definition) is 4. The van der Waals surface area contributed by atoms with Gasteiger partial charge in [0, 0.05) is 43.3 Å². The molecule has 0 radical (unpaired) electrons. The fourth-order valence-electron chi connectivity index (χ4n) is 4.58. The van der Waals surface area contributed by atoms with Gasteiger partial charge in [-0.25, -0.2) is 0 Å². The van der Waals surface area contributed by atoms with E-state index in [1.165, 1.54) is 19.3 Å². The van der Waals surface area contributed by atoms with E-state index in [9.17, 15) is 4.79 Å². The van der Waals surface area contributed by atoms with E-state index in [4.69, 9.17) is 9.84 Å². The Kier molecular flexibility index (Phi) is 5.43. The lowest BCUT2D eigenvalue weighted by atomic mass is 9.93. The molecule has 2 aliphatic carbocycles. The van der Waals surface area contributed by atoms with Crippen LogP contribution in [0.4, 0.5) is 0 Å². The Morgan fingerprint density at radius 1 is 1.20 bits per heavy atom. The number of benzene rings is 1. The maximum atomic E-state index is 11.7. The number of rotatable bonds is 5. The van der Waals surface area contributed by atoms with E-state index in [1.54, 1.807) is 0 Å². The Labute approximate surface area is 178 Å². The Bertz CT molecular complexity index is 1080. The summed E-state index contributed by atoms with van der Waals surface area (Å²) in [6, 6.07) is 4.79. The van der Waals surface area contributed by atoms with E-state index >= 15 is 0 Å². The van der Waals surface area contributed by atoms with Gasteiger partial charge in [0.2, 0.25) is 0 Å². The Morgan fingerprint density at radius 3 is 2.67 bits per heavy atom. The third kappa shape index (κ3) is 3.53. The smallest absolute Gasteiger partial charge is 0.133 e. The Balaban J connectivity index is 0.00000218. The van der Waals surface area contributed by atoms with Crippen molar-refractivity contribution in [3.05, 3.63) is 30.2 Å². The molecule has 1 aromatic carbocycles. The number of hydrogen-bond donors (Lipinski definition) is 0. The fourth-order valence-corrected chi connectivity index (χ4v) is 4.58. The molecule has 160 valence electrons. The van der Waals surface area contributed by atoms with Crippen LogP contribution in [-0.4, -0.2) is 31.4 Å². The minimum Gasteiger partial charge on any atom is -0.490 e. The monoisotopic (exact) mass is 408 g/mol. The summed E-state index contributed by atoms with van der Waals surface area (Å²) < 4.78 is 10.5. The predicted molar refractivity (Wildman–Crippen MR) is 119 cm³/mol. The van der Waals surface area contributed by atoms with Crippen molar-refractivity contribution >= 4 is 16.7 Å². The second-order valence-corrected chi connectivity index (χ2v) is 8.74. The zero-order valence-electron chi connectivity index (χ0n) is 17.4. The van der Waals surface area contributed by atoms with Gasteiger partial charge < -0.3 is 4.74 Å². The number of carbonyl (C=O) groups excluding carboxylic acids is 1. The number of nitrogens with zero attached hydrogens (tertiary/aromatic N) is 4. The number of ketones is 1. The summed E-state index contributed by atoms with van der Waals surface area (Å²) in [6.45, 7) is 4.16. The first kappa shape index (κ1) is 20.6. The zero-order chi connectivity index (χ0) is 20.1. The maximum absolute atomic E-state index is 11.7. The van der Waals surface area contributed by atoms with Crippen LogP contribution in [0.5, 0.6) is 5.75 Å². The van der Waals surface area contributed by atoms with Gasteiger partial charge in [0.25, 0.3) is 0 Å². The van der Waals surface area contributed by atoms with Gasteiger partial charge in [-0.05, 0) is 57.2 Å². The summed E-state index contributed by atoms with van der Waals surface area (Å²) >= 11 is 0. The molecule has 2 saturated carbocycles. The molecule has 6 heteroatoms. The molecule has 5 rings (SSSR count). The Hall–Kier alpha value is -2.63. The molecule has 2 heterocycles. The predicted octanol–water partition coefficient (Wildman–Crippen LogP) is 5.24. The SMILES string of the molecule is C.Cc1c2c(O[C@H](C)[C@H]3CCC(=O)C3)cc(-c3cnn(C4CCC4)c3)cc2nn1C. The highest BCUT2D eigenvalue weighted by molar-refractivity contribution is 5.92. The molecule has 2 aromatic heterocycles. The van der Waals surface area contributed by atoms with Crippen LogP contribution in [0.3, 0.4) is 0 Å². The minimum absolute atomic E-state index is 0. The van der Waals surface area contributed by atoms with Crippen LogP contribution < -0.4 is 4.74 Å². The van der Waals surface area contributed by atoms with E-state index < -0.39 is 0 Å². The minimum atomic E-state index is -0.00259. The number of aromatic nitrogens is 4. The van der Waals surface area contributed by atoms with Crippen LogP contribution in [-0.2, 0) is 11.8 Å². The number of fused-ring (bicyclic) bond motifs is 1. The lowest BCUT2D eigenvalue weighted by molar-refractivity contribution is -0.117. The molecule has 2 aliphatic rings. The van der Waals surface area contributed by atoms with Crippen molar-refractivity contribution in [3.63, 3.8) is 0 Å². The second-order valence-electron chi connectivity index (χ2n) is 8.74. The fraction of sp³-hybridized carbons (Fsp3) is 0.542. The maximum Gasteiger partial charge on any atom is 0.133 e. The molecule has 3 aromatic rings. The molecule has 0 N–H and O–H groups in total. The van der Waals surface area contributed by atoms with Gasteiger partial charge in [0.1, 0.15) is 11.5 Å². The van der Waals surface area contributed by atoms with Crippen molar-refractivity contribution in [1.82, 2.24) is 19.6 Å². The summed E-state index contributed by atoms with van der Waals surface area (Å²) in [5.74, 6) is 1.50. The highest BCUT2D eigenvalue weighted by atomic mass is 16.5. The summed E-state index contributed by atoms with van der Waals surface area (Å²) in [7, 11) is 1.96. The standard InChI is InChI=1S/C23H28N4O2.CH4/c1-14-23-21(25-26(14)3)10-17(18-12-24-27(13-18)19-5-4-6-19)11-22(23)29-15(2)16-7-8-20(28)9-16;/h10-13,15-16,19H,4-9H2,1-3H3;1H4/t15-,16+;/m1./s1. The van der Waals surface area contributed by atoms with Crippen molar-refractivity contribution in [2.24, 2.45) is 13.0 Å². The number of Topliss-reactive ketones (excluding diaryl/α,β-unsaturated/α-hetero) is 1. The molecule has 30 heavy (non-hydrogen) atoms. The van der Waals surface area contributed by atoms with Gasteiger partial charge >= 0.3 is 0 Å². The summed E-state index contributed by atoms with van der Waals surface area (Å²) in [5.41, 5.74) is 4.19. The van der Waals surface area contributed by atoms with Crippen molar-refractivity contribution < 1.29 is 9.53 Å². The van der Waals surface area contributed by atoms with Crippen molar-refractivity contribution in [3.8, 4) is 16.9 Å². The van der Waals surface area contributed by atoms with Gasteiger partial charge in [-0.3, -0.25) is 14.2 Å². The Morgan fingerprint density at radius 2 is 2.00 bits per heavy atom. The van der Waals surface area contributed by atoms with Crippen LogP contribution in [0.25, 0.3) is 22.0 Å². The normalized spacial score (nSPS) is 20.2. The average molecular weight is 409 g/mol. The lowest BCUT2D eigenvalue weighted by Crippen LogP contribution is -2.22. The summed E-state index contributed by atoms with van der Waals surface area (Å²) in [6.07, 6.45) is 10.0. The van der Waals surface area contributed by atoms with Gasteiger partial charge in [0.15, 0.2) is 0 Å². The van der Waals surface area contributed by atoms with Crippen LogP contribution in [0.2, 0.25) is 0 Å². The van der Waals surface area contributed by atoms with Crippen LogP contribution in [0.15, 0.2) is 24.5 Å². The first-order valence-corrected chi connectivity index (χ1v) is 10.7. The highest BCUT2D eigenvalue weighted by Gasteiger charge is 2.29. The molecule has 0 aliphatic heterocycles. The lowest BCUT2D eigenvalue weighted by Gasteiger charge is -2.25. The van der Waals surface area contributed by atoms with E-state index in [0.29, 0.717) is 30.6 Å². The number of carbonyl (C=O) groups is 1. The van der Waals surface area contributed by atoms with Crippen molar-refractivity contribution in [2.45, 2.75) is 71.9 Å². The largest absolute Gasteiger partial charge is 0.490 e. The number of ether oxygens (including phenoxy) is 1. The van der Waals surface area contributed by atoms with Crippen LogP contribution >= 0.6 is 0 Å². The van der Waals surface area contributed by atoms with Gasteiger partial charge in [0.05, 0.1) is 29.2 Å². The van der Waals surface area contributed by atoms with Gasteiger partial charge in [-0.1, -0.05) is 7.43 Å². The zero-order valence-corrected chi connectivity index (χ0v) is 17.4. The molecule has 0 spiro atoms. The molecule has 0 unspecified atom stereocenters. The first-order chi connectivity index (χ1) is 14.0. The quantitative estimate of drug-likeness (QED) is 0.579. The molecule has 0 saturated heterocycles. The molecule has 6 nitrogen and oxygen atoms in total. The van der Waals surface area contributed by atoms with Crippen LogP contribution in [0, 0.1) is 12.8 Å². The molecule has 2 atom stereocenters. The molecular formula is C24H32N4O2. The topological polar surface area (TPSA) is 61.9 Å².